The largest absolute Gasteiger partial charge is 0.451 e. The van der Waals surface area contributed by atoms with Crippen LogP contribution >= 0.6 is 22.6 Å². The van der Waals surface area contributed by atoms with Gasteiger partial charge in [-0.3, -0.25) is 4.79 Å². The number of benzene rings is 1. The summed E-state index contributed by atoms with van der Waals surface area (Å²) in [7, 11) is 0. The fourth-order valence-electron chi connectivity index (χ4n) is 2.57. The second kappa shape index (κ2) is 8.19. The number of anilines is 2. The number of urea groups is 1. The number of carbonyl (C=O) groups excluding carboxylic acids is 2. The lowest BCUT2D eigenvalue weighted by atomic mass is 10.2. The van der Waals surface area contributed by atoms with Gasteiger partial charge >= 0.3 is 6.03 Å². The van der Waals surface area contributed by atoms with E-state index in [9.17, 15) is 9.59 Å². The number of para-hydroxylation sites is 2. The van der Waals surface area contributed by atoms with Gasteiger partial charge in [0.05, 0.1) is 11.4 Å². The Morgan fingerprint density at radius 2 is 1.72 bits per heavy atom. The first kappa shape index (κ1) is 17.5. The standard InChI is InChI=1S/C18H18IN3O3/c19-16-9-7-13(25-16)8-10-17(23)20-14-5-1-2-6-15(14)21-18(24)22-11-3-4-12-22/h1-2,5-10H,3-4,11-12H2,(H,20,23)(H,21,24). The van der Waals surface area contributed by atoms with Crippen LogP contribution in [0.15, 0.2) is 46.9 Å². The molecule has 1 saturated heterocycles. The number of hydrogen-bond donors (Lipinski definition) is 2. The predicted molar refractivity (Wildman–Crippen MR) is 105 cm³/mol. The van der Waals surface area contributed by atoms with Gasteiger partial charge in [-0.1, -0.05) is 12.1 Å². The molecule has 6 nitrogen and oxygen atoms in total. The summed E-state index contributed by atoms with van der Waals surface area (Å²) in [5.41, 5.74) is 1.13. The van der Waals surface area contributed by atoms with Gasteiger partial charge in [0.25, 0.3) is 0 Å². The van der Waals surface area contributed by atoms with E-state index >= 15 is 0 Å². The first-order valence-corrected chi connectivity index (χ1v) is 9.09. The van der Waals surface area contributed by atoms with Crippen LogP contribution in [0.1, 0.15) is 18.6 Å². The van der Waals surface area contributed by atoms with Crippen molar-refractivity contribution in [2.45, 2.75) is 12.8 Å². The van der Waals surface area contributed by atoms with Crippen LogP contribution in [0.25, 0.3) is 6.08 Å². The van der Waals surface area contributed by atoms with Gasteiger partial charge in [-0.05, 0) is 65.8 Å². The van der Waals surface area contributed by atoms with Crippen molar-refractivity contribution in [1.82, 2.24) is 4.90 Å². The van der Waals surface area contributed by atoms with Crippen molar-refractivity contribution in [3.63, 3.8) is 0 Å². The van der Waals surface area contributed by atoms with Crippen LogP contribution in [-0.2, 0) is 4.79 Å². The van der Waals surface area contributed by atoms with Crippen molar-refractivity contribution >= 4 is 52.0 Å². The van der Waals surface area contributed by atoms with Crippen molar-refractivity contribution < 1.29 is 14.0 Å². The van der Waals surface area contributed by atoms with Gasteiger partial charge in [0, 0.05) is 19.2 Å². The van der Waals surface area contributed by atoms with Gasteiger partial charge < -0.3 is 20.0 Å². The second-order valence-electron chi connectivity index (χ2n) is 5.63. The van der Waals surface area contributed by atoms with E-state index in [-0.39, 0.29) is 11.9 Å². The molecule has 1 aliphatic heterocycles. The molecule has 0 spiro atoms. The third kappa shape index (κ3) is 4.85. The van der Waals surface area contributed by atoms with Crippen LogP contribution in [0.5, 0.6) is 0 Å². The number of halogens is 1. The summed E-state index contributed by atoms with van der Waals surface area (Å²) in [5.74, 6) is 0.310. The molecular weight excluding hydrogens is 433 g/mol. The quantitative estimate of drug-likeness (QED) is 0.542. The summed E-state index contributed by atoms with van der Waals surface area (Å²) in [6, 6.07) is 10.6. The minimum absolute atomic E-state index is 0.139. The lowest BCUT2D eigenvalue weighted by molar-refractivity contribution is -0.111. The number of carbonyl (C=O) groups is 2. The van der Waals surface area contributed by atoms with Crippen LogP contribution in [-0.4, -0.2) is 29.9 Å². The summed E-state index contributed by atoms with van der Waals surface area (Å²) in [5, 5.41) is 5.64. The van der Waals surface area contributed by atoms with E-state index in [0.717, 1.165) is 29.7 Å². The first-order chi connectivity index (χ1) is 12.1. The molecule has 0 bridgehead atoms. The molecule has 2 N–H and O–H groups in total. The average molecular weight is 451 g/mol. The maximum Gasteiger partial charge on any atom is 0.321 e. The van der Waals surface area contributed by atoms with E-state index in [1.807, 2.05) is 12.1 Å². The number of hydrogen-bond acceptors (Lipinski definition) is 3. The molecule has 2 aromatic rings. The smallest absolute Gasteiger partial charge is 0.321 e. The van der Waals surface area contributed by atoms with Gasteiger partial charge in [0.15, 0.2) is 3.77 Å². The van der Waals surface area contributed by atoms with E-state index in [4.69, 9.17) is 4.42 Å². The summed E-state index contributed by atoms with van der Waals surface area (Å²) in [4.78, 5) is 26.1. The van der Waals surface area contributed by atoms with Gasteiger partial charge in [0.2, 0.25) is 5.91 Å². The van der Waals surface area contributed by atoms with Gasteiger partial charge in [-0.15, -0.1) is 0 Å². The predicted octanol–water partition coefficient (Wildman–Crippen LogP) is 4.16. The Morgan fingerprint density at radius 3 is 2.36 bits per heavy atom. The molecule has 0 unspecified atom stereocenters. The first-order valence-electron chi connectivity index (χ1n) is 8.01. The minimum atomic E-state index is -0.297. The molecule has 7 heteroatoms. The Kier molecular flexibility index (Phi) is 5.75. The third-order valence-corrected chi connectivity index (χ3v) is 4.39. The lowest BCUT2D eigenvalue weighted by Gasteiger charge is -2.18. The van der Waals surface area contributed by atoms with Crippen LogP contribution < -0.4 is 10.6 Å². The zero-order valence-corrected chi connectivity index (χ0v) is 15.7. The van der Waals surface area contributed by atoms with Crippen LogP contribution in [0.2, 0.25) is 0 Å². The molecule has 3 rings (SSSR count). The molecule has 1 aromatic heterocycles. The van der Waals surface area contributed by atoms with E-state index in [2.05, 4.69) is 33.2 Å². The zero-order valence-electron chi connectivity index (χ0n) is 13.5. The Hall–Kier alpha value is -2.29. The Labute approximate surface area is 159 Å². The van der Waals surface area contributed by atoms with E-state index < -0.39 is 0 Å². The van der Waals surface area contributed by atoms with Crippen molar-refractivity contribution in [3.05, 3.63) is 52.0 Å². The maximum atomic E-state index is 12.2. The number of rotatable bonds is 4. The number of amides is 3. The molecule has 0 atom stereocenters. The Balaban J connectivity index is 1.64. The highest BCUT2D eigenvalue weighted by Crippen LogP contribution is 2.22. The molecule has 0 saturated carbocycles. The normalized spacial score (nSPS) is 14.0. The van der Waals surface area contributed by atoms with Crippen LogP contribution in [0.4, 0.5) is 16.2 Å². The summed E-state index contributed by atoms with van der Waals surface area (Å²) in [6.45, 7) is 1.54. The van der Waals surface area contributed by atoms with E-state index in [0.29, 0.717) is 17.1 Å². The van der Waals surface area contributed by atoms with Crippen LogP contribution in [0, 0.1) is 3.77 Å². The molecular formula is C18H18IN3O3. The second-order valence-corrected chi connectivity index (χ2v) is 6.70. The van der Waals surface area contributed by atoms with Gasteiger partial charge in [0.1, 0.15) is 5.76 Å². The highest BCUT2D eigenvalue weighted by molar-refractivity contribution is 14.1. The molecule has 25 heavy (non-hydrogen) atoms. The molecule has 1 aliphatic rings. The van der Waals surface area contributed by atoms with Crippen molar-refractivity contribution in [2.24, 2.45) is 0 Å². The molecule has 0 aliphatic carbocycles. The minimum Gasteiger partial charge on any atom is -0.451 e. The maximum absolute atomic E-state index is 12.2. The highest BCUT2D eigenvalue weighted by atomic mass is 127. The summed E-state index contributed by atoms with van der Waals surface area (Å²) < 4.78 is 6.13. The van der Waals surface area contributed by atoms with Crippen molar-refractivity contribution in [2.75, 3.05) is 23.7 Å². The third-order valence-electron chi connectivity index (χ3n) is 3.81. The Morgan fingerprint density at radius 1 is 1.04 bits per heavy atom. The molecule has 1 fully saturated rings. The Bertz CT molecular complexity index is 794. The van der Waals surface area contributed by atoms with Crippen molar-refractivity contribution in [1.29, 1.82) is 0 Å². The topological polar surface area (TPSA) is 74.6 Å². The fourth-order valence-corrected chi connectivity index (χ4v) is 3.00. The van der Waals surface area contributed by atoms with E-state index in [1.54, 1.807) is 35.2 Å². The molecule has 0 radical (unpaired) electrons. The number of furan rings is 1. The molecule has 130 valence electrons. The monoisotopic (exact) mass is 451 g/mol. The number of nitrogens with zero attached hydrogens (tertiary/aromatic N) is 1. The molecule has 2 heterocycles. The van der Waals surface area contributed by atoms with Gasteiger partial charge in [-0.2, -0.15) is 0 Å². The van der Waals surface area contributed by atoms with E-state index in [1.165, 1.54) is 6.08 Å². The highest BCUT2D eigenvalue weighted by Gasteiger charge is 2.18. The van der Waals surface area contributed by atoms with Crippen LogP contribution in [0.3, 0.4) is 0 Å². The summed E-state index contributed by atoms with van der Waals surface area (Å²) in [6.07, 6.45) is 5.06. The zero-order chi connectivity index (χ0) is 17.6. The SMILES string of the molecule is O=C(C=Cc1ccc(I)o1)Nc1ccccc1NC(=O)N1CCCC1. The number of nitrogens with one attached hydrogen (secondary N) is 2. The van der Waals surface area contributed by atoms with Gasteiger partial charge in [-0.25, -0.2) is 4.79 Å². The lowest BCUT2D eigenvalue weighted by Crippen LogP contribution is -2.32. The van der Waals surface area contributed by atoms with Crippen molar-refractivity contribution in [3.8, 4) is 0 Å². The average Bonchev–Trinajstić information content (AvgIpc) is 3.26. The number of likely N-dealkylation sites (tertiary alicyclic amines) is 1. The molecule has 3 amide bonds. The summed E-state index contributed by atoms with van der Waals surface area (Å²) >= 11 is 2.06. The fraction of sp³-hybridized carbons (Fsp3) is 0.222. The molecule has 1 aromatic carbocycles.